The lowest BCUT2D eigenvalue weighted by atomic mass is 10.1. The molecule has 1 aromatic heterocycles. The third kappa shape index (κ3) is 3.52. The van der Waals surface area contributed by atoms with Crippen LogP contribution in [0.2, 0.25) is 0 Å². The molecule has 0 saturated heterocycles. The molecule has 104 valence electrons. The molecule has 3 N–H and O–H groups in total. The number of nitrogens with one attached hydrogen (secondary N) is 2. The lowest BCUT2D eigenvalue weighted by Gasteiger charge is -2.10. The van der Waals surface area contributed by atoms with Crippen molar-refractivity contribution in [1.82, 2.24) is 4.98 Å². The predicted octanol–water partition coefficient (Wildman–Crippen LogP) is 2.92. The molecule has 1 unspecified atom stereocenters. The Hall–Kier alpha value is -2.47. The zero-order valence-corrected chi connectivity index (χ0v) is 10.8. The smallest absolute Gasteiger partial charge is 0.323 e. The maximum atomic E-state index is 13.3. The molecule has 1 heterocycles. The van der Waals surface area contributed by atoms with E-state index in [0.29, 0.717) is 11.3 Å². The number of halogens is 1. The van der Waals surface area contributed by atoms with Gasteiger partial charge in [-0.1, -0.05) is 12.1 Å². The third-order valence-corrected chi connectivity index (χ3v) is 2.65. The fraction of sp³-hybridized carbons (Fsp3) is 0.143. The first kappa shape index (κ1) is 14.0. The quantitative estimate of drug-likeness (QED) is 0.806. The van der Waals surface area contributed by atoms with Crippen LogP contribution < -0.4 is 10.6 Å². The van der Waals surface area contributed by atoms with Crippen molar-refractivity contribution in [1.29, 1.82) is 0 Å². The van der Waals surface area contributed by atoms with Crippen LogP contribution in [-0.4, -0.2) is 16.1 Å². The highest BCUT2D eigenvalue weighted by Gasteiger charge is 2.08. The molecule has 0 aliphatic carbocycles. The van der Waals surface area contributed by atoms with Gasteiger partial charge >= 0.3 is 6.03 Å². The standard InChI is InChI=1S/C14H14FN3O2/c1-9(19)10-3-2-4-11(7-10)17-14(20)18-13-5-6-16-8-12(13)15/h2-9,19H,1H3,(H2,16,17,18,20). The Labute approximate surface area is 115 Å². The molecule has 5 nitrogen and oxygen atoms in total. The lowest BCUT2D eigenvalue weighted by Crippen LogP contribution is -2.20. The van der Waals surface area contributed by atoms with Crippen LogP contribution in [0.5, 0.6) is 0 Å². The van der Waals surface area contributed by atoms with E-state index in [2.05, 4.69) is 15.6 Å². The SMILES string of the molecule is CC(O)c1cccc(NC(=O)Nc2ccncc2F)c1. The van der Waals surface area contributed by atoms with E-state index in [-0.39, 0.29) is 5.69 Å². The molecule has 1 aromatic carbocycles. The summed E-state index contributed by atoms with van der Waals surface area (Å²) in [5, 5.41) is 14.4. The molecule has 2 amide bonds. The van der Waals surface area contributed by atoms with Gasteiger partial charge < -0.3 is 15.7 Å². The van der Waals surface area contributed by atoms with Crippen molar-refractivity contribution < 1.29 is 14.3 Å². The Kier molecular flexibility index (Phi) is 4.27. The van der Waals surface area contributed by atoms with Gasteiger partial charge in [0.05, 0.1) is 18.0 Å². The molecule has 2 aromatic rings. The molecule has 0 aliphatic heterocycles. The number of benzene rings is 1. The van der Waals surface area contributed by atoms with Crippen LogP contribution in [0, 0.1) is 5.82 Å². The number of aromatic nitrogens is 1. The van der Waals surface area contributed by atoms with Crippen molar-refractivity contribution in [3.8, 4) is 0 Å². The minimum absolute atomic E-state index is 0.0455. The first-order valence-electron chi connectivity index (χ1n) is 6.02. The van der Waals surface area contributed by atoms with Crippen LogP contribution in [0.1, 0.15) is 18.6 Å². The van der Waals surface area contributed by atoms with Crippen LogP contribution in [0.3, 0.4) is 0 Å². The van der Waals surface area contributed by atoms with Gasteiger partial charge in [0.15, 0.2) is 5.82 Å². The summed E-state index contributed by atoms with van der Waals surface area (Å²) in [6.45, 7) is 1.63. The van der Waals surface area contributed by atoms with Gasteiger partial charge in [-0.25, -0.2) is 9.18 Å². The summed E-state index contributed by atoms with van der Waals surface area (Å²) < 4.78 is 13.3. The number of hydrogen-bond acceptors (Lipinski definition) is 3. The zero-order valence-electron chi connectivity index (χ0n) is 10.8. The number of carbonyl (C=O) groups excluding carboxylic acids is 1. The predicted molar refractivity (Wildman–Crippen MR) is 73.9 cm³/mol. The van der Waals surface area contributed by atoms with Crippen LogP contribution >= 0.6 is 0 Å². The van der Waals surface area contributed by atoms with Gasteiger partial charge in [0.25, 0.3) is 0 Å². The second-order valence-electron chi connectivity index (χ2n) is 4.24. The molecule has 1 atom stereocenters. The van der Waals surface area contributed by atoms with Gasteiger partial charge in [-0.05, 0) is 30.7 Å². The molecule has 0 radical (unpaired) electrons. The molecule has 20 heavy (non-hydrogen) atoms. The highest BCUT2D eigenvalue weighted by molar-refractivity contribution is 5.99. The van der Waals surface area contributed by atoms with E-state index >= 15 is 0 Å². The van der Waals surface area contributed by atoms with Gasteiger partial charge in [-0.15, -0.1) is 0 Å². The fourth-order valence-electron chi connectivity index (χ4n) is 1.64. The summed E-state index contributed by atoms with van der Waals surface area (Å²) in [4.78, 5) is 15.3. The van der Waals surface area contributed by atoms with E-state index in [1.165, 1.54) is 12.3 Å². The summed E-state index contributed by atoms with van der Waals surface area (Å²) in [7, 11) is 0. The number of amides is 2. The topological polar surface area (TPSA) is 74.2 Å². The Morgan fingerprint density at radius 3 is 2.85 bits per heavy atom. The molecular weight excluding hydrogens is 261 g/mol. The number of aliphatic hydroxyl groups is 1. The first-order chi connectivity index (χ1) is 9.56. The summed E-state index contributed by atoms with van der Waals surface area (Å²) in [5.41, 5.74) is 1.23. The number of aliphatic hydroxyl groups excluding tert-OH is 1. The minimum atomic E-state index is -0.627. The summed E-state index contributed by atoms with van der Waals surface area (Å²) >= 11 is 0. The minimum Gasteiger partial charge on any atom is -0.389 e. The van der Waals surface area contributed by atoms with E-state index < -0.39 is 18.0 Å². The highest BCUT2D eigenvalue weighted by Crippen LogP contribution is 2.17. The molecule has 0 aliphatic rings. The Balaban J connectivity index is 2.05. The molecule has 0 fully saturated rings. The maximum Gasteiger partial charge on any atom is 0.323 e. The Morgan fingerprint density at radius 1 is 1.35 bits per heavy atom. The van der Waals surface area contributed by atoms with Gasteiger partial charge in [0, 0.05) is 11.9 Å². The van der Waals surface area contributed by atoms with Crippen molar-refractivity contribution in [2.24, 2.45) is 0 Å². The second kappa shape index (κ2) is 6.12. The normalized spacial score (nSPS) is 11.8. The number of carbonyl (C=O) groups is 1. The zero-order chi connectivity index (χ0) is 14.5. The van der Waals surface area contributed by atoms with E-state index in [9.17, 15) is 14.3 Å². The summed E-state index contributed by atoms with van der Waals surface area (Å²) in [5.74, 6) is -0.611. The van der Waals surface area contributed by atoms with Crippen molar-refractivity contribution >= 4 is 17.4 Å². The average molecular weight is 275 g/mol. The molecule has 0 spiro atoms. The van der Waals surface area contributed by atoms with Crippen molar-refractivity contribution in [2.75, 3.05) is 10.6 Å². The van der Waals surface area contributed by atoms with Gasteiger partial charge in [-0.3, -0.25) is 4.98 Å². The molecular formula is C14H14FN3O2. The third-order valence-electron chi connectivity index (χ3n) is 2.65. The van der Waals surface area contributed by atoms with Crippen molar-refractivity contribution in [3.63, 3.8) is 0 Å². The number of urea groups is 1. The largest absolute Gasteiger partial charge is 0.389 e. The monoisotopic (exact) mass is 275 g/mol. The van der Waals surface area contributed by atoms with Gasteiger partial charge in [-0.2, -0.15) is 0 Å². The average Bonchev–Trinajstić information content (AvgIpc) is 2.41. The van der Waals surface area contributed by atoms with Crippen molar-refractivity contribution in [2.45, 2.75) is 13.0 Å². The first-order valence-corrected chi connectivity index (χ1v) is 6.02. The van der Waals surface area contributed by atoms with E-state index in [1.807, 2.05) is 0 Å². The molecule has 0 bridgehead atoms. The van der Waals surface area contributed by atoms with Crippen LogP contribution in [-0.2, 0) is 0 Å². The van der Waals surface area contributed by atoms with Crippen LogP contribution in [0.4, 0.5) is 20.6 Å². The number of nitrogens with zero attached hydrogens (tertiary/aromatic N) is 1. The fourth-order valence-corrected chi connectivity index (χ4v) is 1.64. The molecule has 0 saturated carbocycles. The van der Waals surface area contributed by atoms with E-state index in [4.69, 9.17) is 0 Å². The van der Waals surface area contributed by atoms with Crippen LogP contribution in [0.25, 0.3) is 0 Å². The number of pyridine rings is 1. The summed E-state index contributed by atoms with van der Waals surface area (Å²) in [6.07, 6.45) is 1.77. The lowest BCUT2D eigenvalue weighted by molar-refractivity contribution is 0.199. The van der Waals surface area contributed by atoms with E-state index in [1.54, 1.807) is 31.2 Å². The number of hydrogen-bond donors (Lipinski definition) is 3. The Bertz CT molecular complexity index is 617. The van der Waals surface area contributed by atoms with E-state index in [0.717, 1.165) is 6.20 Å². The Morgan fingerprint density at radius 2 is 2.15 bits per heavy atom. The number of anilines is 2. The second-order valence-corrected chi connectivity index (χ2v) is 4.24. The molecule has 6 heteroatoms. The van der Waals surface area contributed by atoms with Crippen LogP contribution in [0.15, 0.2) is 42.7 Å². The van der Waals surface area contributed by atoms with Gasteiger partial charge in [0.2, 0.25) is 0 Å². The highest BCUT2D eigenvalue weighted by atomic mass is 19.1. The summed E-state index contributed by atoms with van der Waals surface area (Å²) in [6, 6.07) is 7.57. The van der Waals surface area contributed by atoms with Crippen molar-refractivity contribution in [3.05, 3.63) is 54.1 Å². The molecule has 2 rings (SSSR count). The van der Waals surface area contributed by atoms with Gasteiger partial charge in [0.1, 0.15) is 0 Å². The maximum absolute atomic E-state index is 13.3. The number of rotatable bonds is 3.